The van der Waals surface area contributed by atoms with Gasteiger partial charge >= 0.3 is 6.03 Å². The van der Waals surface area contributed by atoms with Crippen LogP contribution in [0, 0.1) is 0 Å². The molecule has 0 aliphatic heterocycles. The van der Waals surface area contributed by atoms with Gasteiger partial charge in [-0.05, 0) is 108 Å². The Labute approximate surface area is 295 Å². The molecule has 4 amide bonds. The summed E-state index contributed by atoms with van der Waals surface area (Å²) in [5.41, 5.74) is 1.11. The molecule has 6 rings (SSSR count). The number of carbonyl (C=O) groups excluding carboxylic acids is 3. The first-order chi connectivity index (χ1) is 24.5. The zero-order valence-corrected chi connectivity index (χ0v) is 28.0. The number of rotatable bonds is 8. The monoisotopic (exact) mass is 742 g/mol. The van der Waals surface area contributed by atoms with Crippen LogP contribution in [0.5, 0.6) is 11.5 Å². The molecule has 17 heteroatoms. The molecule has 0 atom stereocenters. The van der Waals surface area contributed by atoms with Gasteiger partial charge in [-0.25, -0.2) is 4.79 Å². The minimum Gasteiger partial charge on any atom is -0.508 e. The van der Waals surface area contributed by atoms with Crippen LogP contribution in [0.25, 0.3) is 21.5 Å². The van der Waals surface area contributed by atoms with Crippen molar-refractivity contribution in [3.63, 3.8) is 0 Å². The highest BCUT2D eigenvalue weighted by atomic mass is 32.2. The highest BCUT2D eigenvalue weighted by Gasteiger charge is 2.19. The summed E-state index contributed by atoms with van der Waals surface area (Å²) in [7, 11) is -9.39. The Hall–Kier alpha value is -6.53. The summed E-state index contributed by atoms with van der Waals surface area (Å²) in [5, 5.41) is 30.6. The van der Waals surface area contributed by atoms with Crippen molar-refractivity contribution < 1.29 is 50.5 Å². The summed E-state index contributed by atoms with van der Waals surface area (Å²) >= 11 is 0. The van der Waals surface area contributed by atoms with Gasteiger partial charge in [0.25, 0.3) is 32.1 Å². The Morgan fingerprint density at radius 1 is 0.442 bits per heavy atom. The standard InChI is InChI=1S/C35H26N4O11S2/c40-27-11-5-21-13-25(15-31(29(21)17-27)51(45,46)47)36-33(42)19-1-7-23(8-2-19)38-35(44)39-24-9-3-20(4-10-24)34(43)37-26-14-22-6-12-28(41)18-30(22)32(16-26)52(48,49)50/h1-18,40-41H,(H,36,42)(H,37,43)(H2,38,39,44)(H,45,46,47)(H,48,49,50). The molecule has 6 aromatic rings. The number of fused-ring (bicyclic) bond motifs is 2. The van der Waals surface area contributed by atoms with Crippen LogP contribution >= 0.6 is 0 Å². The van der Waals surface area contributed by atoms with Crippen molar-refractivity contribution in [1.82, 2.24) is 0 Å². The minimum absolute atomic E-state index is 0.0652. The quantitative estimate of drug-likeness (QED) is 0.0834. The minimum atomic E-state index is -4.70. The molecule has 0 radical (unpaired) electrons. The van der Waals surface area contributed by atoms with E-state index in [9.17, 15) is 50.5 Å². The molecule has 0 unspecified atom stereocenters. The second kappa shape index (κ2) is 13.6. The summed E-state index contributed by atoms with van der Waals surface area (Å²) in [4.78, 5) is 37.4. The molecule has 264 valence electrons. The summed E-state index contributed by atoms with van der Waals surface area (Å²) in [6, 6.07) is 23.8. The Kier molecular flexibility index (Phi) is 9.26. The van der Waals surface area contributed by atoms with Crippen molar-refractivity contribution in [3.8, 4) is 11.5 Å². The Bertz CT molecular complexity index is 2460. The number of nitrogens with one attached hydrogen (secondary N) is 4. The second-order valence-corrected chi connectivity index (χ2v) is 14.1. The Morgan fingerprint density at radius 3 is 1.15 bits per heavy atom. The van der Waals surface area contributed by atoms with E-state index in [4.69, 9.17) is 0 Å². The number of amides is 4. The van der Waals surface area contributed by atoms with Gasteiger partial charge in [0, 0.05) is 44.6 Å². The van der Waals surface area contributed by atoms with Gasteiger partial charge in [0.1, 0.15) is 21.3 Å². The van der Waals surface area contributed by atoms with Crippen molar-refractivity contribution >= 4 is 82.4 Å². The topological polar surface area (TPSA) is 249 Å². The SMILES string of the molecule is O=C(Nc1ccc(C(=O)Nc2cc(S(=O)(=O)O)c3cc(O)ccc3c2)cc1)Nc1ccc(C(=O)Nc2cc(S(=O)(=O)O)c3cc(O)ccc3c2)cc1. The predicted octanol–water partition coefficient (Wildman–Crippen LogP) is 6.05. The third-order valence-corrected chi connectivity index (χ3v) is 9.47. The Balaban J connectivity index is 1.07. The average Bonchev–Trinajstić information content (AvgIpc) is 3.07. The van der Waals surface area contributed by atoms with E-state index in [1.54, 1.807) is 0 Å². The lowest BCUT2D eigenvalue weighted by molar-refractivity contribution is 0.101. The maximum absolute atomic E-state index is 12.9. The summed E-state index contributed by atoms with van der Waals surface area (Å²) in [6.45, 7) is 0. The zero-order valence-electron chi connectivity index (χ0n) is 26.4. The number of benzene rings is 6. The van der Waals surface area contributed by atoms with Crippen molar-refractivity contribution in [1.29, 1.82) is 0 Å². The third kappa shape index (κ3) is 7.92. The van der Waals surface area contributed by atoms with Gasteiger partial charge in [-0.2, -0.15) is 16.8 Å². The molecule has 52 heavy (non-hydrogen) atoms. The highest BCUT2D eigenvalue weighted by Crippen LogP contribution is 2.32. The van der Waals surface area contributed by atoms with Crippen molar-refractivity contribution in [2.24, 2.45) is 0 Å². The van der Waals surface area contributed by atoms with Crippen LogP contribution in [-0.4, -0.2) is 54.0 Å². The van der Waals surface area contributed by atoms with E-state index < -0.39 is 47.9 Å². The van der Waals surface area contributed by atoms with E-state index in [1.165, 1.54) is 97.1 Å². The van der Waals surface area contributed by atoms with E-state index in [0.717, 1.165) is 12.1 Å². The number of hydrogen-bond donors (Lipinski definition) is 8. The van der Waals surface area contributed by atoms with Crippen LogP contribution in [0.15, 0.2) is 119 Å². The predicted molar refractivity (Wildman–Crippen MR) is 192 cm³/mol. The second-order valence-electron chi connectivity index (χ2n) is 11.4. The summed E-state index contributed by atoms with van der Waals surface area (Å²) in [5.74, 6) is -1.64. The lowest BCUT2D eigenvalue weighted by Gasteiger charge is -2.12. The fourth-order valence-corrected chi connectivity index (χ4v) is 6.77. The molecule has 0 aliphatic rings. The number of phenols is 2. The van der Waals surface area contributed by atoms with Crippen LogP contribution < -0.4 is 21.3 Å². The van der Waals surface area contributed by atoms with Crippen LogP contribution in [0.2, 0.25) is 0 Å². The van der Waals surface area contributed by atoms with Gasteiger partial charge in [0.2, 0.25) is 0 Å². The molecule has 8 N–H and O–H groups in total. The largest absolute Gasteiger partial charge is 0.508 e. The maximum atomic E-state index is 12.9. The third-order valence-electron chi connectivity index (χ3n) is 7.68. The van der Waals surface area contributed by atoms with E-state index in [2.05, 4.69) is 21.3 Å². The van der Waals surface area contributed by atoms with E-state index in [1.807, 2.05) is 0 Å². The summed E-state index contributed by atoms with van der Waals surface area (Å²) in [6.07, 6.45) is 0. The van der Waals surface area contributed by atoms with E-state index >= 15 is 0 Å². The number of phenolic OH excluding ortho intramolecular Hbond substituents is 2. The van der Waals surface area contributed by atoms with Crippen LogP contribution in [-0.2, 0) is 20.2 Å². The highest BCUT2D eigenvalue weighted by molar-refractivity contribution is 7.86. The average molecular weight is 743 g/mol. The number of urea groups is 1. The van der Waals surface area contributed by atoms with Crippen LogP contribution in [0.1, 0.15) is 20.7 Å². The number of aromatic hydroxyl groups is 2. The van der Waals surface area contributed by atoms with Crippen molar-refractivity contribution in [2.75, 3.05) is 21.3 Å². The molecule has 0 saturated carbocycles. The molecule has 0 aromatic heterocycles. The van der Waals surface area contributed by atoms with Crippen molar-refractivity contribution in [3.05, 3.63) is 120 Å². The van der Waals surface area contributed by atoms with Crippen molar-refractivity contribution in [2.45, 2.75) is 9.79 Å². The maximum Gasteiger partial charge on any atom is 0.323 e. The van der Waals surface area contributed by atoms with E-state index in [0.29, 0.717) is 22.1 Å². The molecular weight excluding hydrogens is 717 g/mol. The molecule has 0 saturated heterocycles. The Morgan fingerprint density at radius 2 is 0.808 bits per heavy atom. The molecular formula is C35H26N4O11S2. The van der Waals surface area contributed by atoms with Gasteiger partial charge in [0.05, 0.1) is 0 Å². The summed E-state index contributed by atoms with van der Waals surface area (Å²) < 4.78 is 67.2. The lowest BCUT2D eigenvalue weighted by Crippen LogP contribution is -2.20. The smallest absolute Gasteiger partial charge is 0.323 e. The first kappa shape index (κ1) is 35.3. The first-order valence-electron chi connectivity index (χ1n) is 14.9. The first-order valence-corrected chi connectivity index (χ1v) is 17.8. The molecule has 15 nitrogen and oxygen atoms in total. The lowest BCUT2D eigenvalue weighted by atomic mass is 10.1. The molecule has 0 aliphatic carbocycles. The zero-order chi connectivity index (χ0) is 37.4. The van der Waals surface area contributed by atoms with Gasteiger partial charge in [-0.15, -0.1) is 0 Å². The molecule has 0 heterocycles. The van der Waals surface area contributed by atoms with Gasteiger partial charge in [-0.3, -0.25) is 18.7 Å². The van der Waals surface area contributed by atoms with Crippen LogP contribution in [0.3, 0.4) is 0 Å². The molecule has 0 fully saturated rings. The van der Waals surface area contributed by atoms with Crippen LogP contribution in [0.4, 0.5) is 27.5 Å². The van der Waals surface area contributed by atoms with E-state index in [-0.39, 0.29) is 44.8 Å². The number of anilines is 4. The fourth-order valence-electron chi connectivity index (χ4n) is 5.30. The number of hydrogen-bond acceptors (Lipinski definition) is 9. The number of carbonyl (C=O) groups is 3. The normalized spacial score (nSPS) is 11.6. The fraction of sp³-hybridized carbons (Fsp3) is 0. The molecule has 0 bridgehead atoms. The van der Waals surface area contributed by atoms with Gasteiger partial charge < -0.3 is 31.5 Å². The van der Waals surface area contributed by atoms with Gasteiger partial charge in [0.15, 0.2) is 0 Å². The van der Waals surface area contributed by atoms with Gasteiger partial charge in [-0.1, -0.05) is 12.1 Å². The molecule has 6 aromatic carbocycles. The molecule has 0 spiro atoms.